The van der Waals surface area contributed by atoms with Crippen molar-refractivity contribution in [1.29, 1.82) is 0 Å². The van der Waals surface area contributed by atoms with Gasteiger partial charge in [-0.3, -0.25) is 4.79 Å². The molecule has 0 spiro atoms. The highest BCUT2D eigenvalue weighted by atomic mass is 16.5. The molecule has 1 aromatic heterocycles. The third-order valence-corrected chi connectivity index (χ3v) is 4.06. The minimum atomic E-state index is -0.155. The Labute approximate surface area is 147 Å². The van der Waals surface area contributed by atoms with E-state index < -0.39 is 0 Å². The number of ether oxygens (including phenoxy) is 1. The van der Waals surface area contributed by atoms with Crippen LogP contribution in [0.1, 0.15) is 37.1 Å². The van der Waals surface area contributed by atoms with Gasteiger partial charge in [-0.1, -0.05) is 30.3 Å². The number of fused-ring (bicyclic) bond motifs is 1. The van der Waals surface area contributed by atoms with Gasteiger partial charge in [0.25, 0.3) is 0 Å². The Hall–Kier alpha value is -2.75. The maximum Gasteiger partial charge on any atom is 0.220 e. The summed E-state index contributed by atoms with van der Waals surface area (Å²) in [5.74, 6) is 1.61. The van der Waals surface area contributed by atoms with Gasteiger partial charge in [0.15, 0.2) is 0 Å². The summed E-state index contributed by atoms with van der Waals surface area (Å²) in [4.78, 5) is 12.1. The molecule has 0 saturated carbocycles. The van der Waals surface area contributed by atoms with E-state index in [0.29, 0.717) is 19.4 Å². The highest BCUT2D eigenvalue weighted by Gasteiger charge is 2.13. The van der Waals surface area contributed by atoms with E-state index in [2.05, 4.69) is 5.32 Å². The van der Waals surface area contributed by atoms with E-state index in [0.717, 1.165) is 28.0 Å². The first-order chi connectivity index (χ1) is 12.1. The molecule has 0 unspecified atom stereocenters. The smallest absolute Gasteiger partial charge is 0.220 e. The summed E-state index contributed by atoms with van der Waals surface area (Å²) in [5, 5.41) is 4.02. The first kappa shape index (κ1) is 17.1. The Kier molecular flexibility index (Phi) is 5.39. The molecule has 1 amide bonds. The van der Waals surface area contributed by atoms with Crippen LogP contribution < -0.4 is 10.1 Å². The van der Waals surface area contributed by atoms with Gasteiger partial charge in [-0.15, -0.1) is 0 Å². The number of hydrogen-bond donors (Lipinski definition) is 1. The summed E-state index contributed by atoms with van der Waals surface area (Å²) in [6, 6.07) is 17.6. The molecule has 4 heteroatoms. The Morgan fingerprint density at radius 2 is 2.00 bits per heavy atom. The molecule has 0 aliphatic rings. The van der Waals surface area contributed by atoms with Crippen LogP contribution in [-0.2, 0) is 4.79 Å². The van der Waals surface area contributed by atoms with Crippen molar-refractivity contribution >= 4 is 16.9 Å². The molecule has 1 heterocycles. The molecule has 0 radical (unpaired) electrons. The third-order valence-electron chi connectivity index (χ3n) is 4.06. The van der Waals surface area contributed by atoms with Crippen molar-refractivity contribution in [3.05, 3.63) is 65.9 Å². The molecule has 4 nitrogen and oxygen atoms in total. The average molecular weight is 337 g/mol. The first-order valence-electron chi connectivity index (χ1n) is 8.59. The summed E-state index contributed by atoms with van der Waals surface area (Å²) < 4.78 is 11.5. The minimum Gasteiger partial charge on any atom is -0.494 e. The monoisotopic (exact) mass is 337 g/mol. The Morgan fingerprint density at radius 1 is 1.16 bits per heavy atom. The largest absolute Gasteiger partial charge is 0.494 e. The van der Waals surface area contributed by atoms with Crippen molar-refractivity contribution in [2.24, 2.45) is 0 Å². The van der Waals surface area contributed by atoms with E-state index in [1.54, 1.807) is 0 Å². The van der Waals surface area contributed by atoms with Gasteiger partial charge in [-0.25, -0.2) is 0 Å². The number of amides is 1. The van der Waals surface area contributed by atoms with Gasteiger partial charge in [0.1, 0.15) is 17.1 Å². The molecular formula is C21H23NO3. The second-order valence-corrected chi connectivity index (χ2v) is 6.24. The number of hydrogen-bond acceptors (Lipinski definition) is 3. The third kappa shape index (κ3) is 4.63. The van der Waals surface area contributed by atoms with Crippen molar-refractivity contribution in [1.82, 2.24) is 5.32 Å². The highest BCUT2D eigenvalue weighted by Crippen LogP contribution is 2.23. The predicted molar refractivity (Wildman–Crippen MR) is 98.7 cm³/mol. The average Bonchev–Trinajstić information content (AvgIpc) is 3.03. The molecule has 0 saturated heterocycles. The molecule has 3 aromatic rings. The van der Waals surface area contributed by atoms with Crippen LogP contribution >= 0.6 is 0 Å². The highest BCUT2D eigenvalue weighted by molar-refractivity contribution is 5.79. The molecule has 25 heavy (non-hydrogen) atoms. The van der Waals surface area contributed by atoms with Gasteiger partial charge >= 0.3 is 0 Å². The number of nitrogens with one attached hydrogen (secondary N) is 1. The SMILES string of the molecule is Cc1cccc(OCCCC(=O)N[C@H](C)c2cc3ccccc3o2)c1. The van der Waals surface area contributed by atoms with Crippen LogP contribution in [0.15, 0.2) is 59.0 Å². The topological polar surface area (TPSA) is 51.5 Å². The van der Waals surface area contributed by atoms with Crippen LogP contribution in [-0.4, -0.2) is 12.5 Å². The number of rotatable bonds is 7. The summed E-state index contributed by atoms with van der Waals surface area (Å²) in [6.07, 6.45) is 1.10. The number of carbonyl (C=O) groups excluding carboxylic acids is 1. The lowest BCUT2D eigenvalue weighted by molar-refractivity contribution is -0.122. The van der Waals surface area contributed by atoms with Gasteiger partial charge in [0, 0.05) is 11.8 Å². The first-order valence-corrected chi connectivity index (χ1v) is 8.59. The fourth-order valence-electron chi connectivity index (χ4n) is 2.73. The standard InChI is InChI=1S/C21H23NO3/c1-15-7-5-9-18(13-15)24-12-6-11-21(23)22-16(2)20-14-17-8-3-4-10-19(17)25-20/h3-5,7-10,13-14,16H,6,11-12H2,1-2H3,(H,22,23)/t16-/m1/s1. The summed E-state index contributed by atoms with van der Waals surface area (Å²) in [6.45, 7) is 4.48. The summed E-state index contributed by atoms with van der Waals surface area (Å²) >= 11 is 0. The Morgan fingerprint density at radius 3 is 2.80 bits per heavy atom. The molecular weight excluding hydrogens is 314 g/mol. The van der Waals surface area contributed by atoms with E-state index in [1.165, 1.54) is 0 Å². The van der Waals surface area contributed by atoms with Crippen LogP contribution in [0.4, 0.5) is 0 Å². The second kappa shape index (κ2) is 7.88. The van der Waals surface area contributed by atoms with Crippen molar-refractivity contribution < 1.29 is 13.9 Å². The Balaban J connectivity index is 1.44. The van der Waals surface area contributed by atoms with E-state index in [-0.39, 0.29) is 11.9 Å². The minimum absolute atomic E-state index is 0.000739. The molecule has 0 aliphatic carbocycles. The van der Waals surface area contributed by atoms with Gasteiger partial charge in [0.05, 0.1) is 12.6 Å². The van der Waals surface area contributed by atoms with Crippen molar-refractivity contribution in [3.63, 3.8) is 0 Å². The molecule has 0 aliphatic heterocycles. The maximum absolute atomic E-state index is 12.1. The fourth-order valence-corrected chi connectivity index (χ4v) is 2.73. The normalized spacial score (nSPS) is 12.1. The van der Waals surface area contributed by atoms with Gasteiger partial charge in [-0.2, -0.15) is 0 Å². The van der Waals surface area contributed by atoms with E-state index in [9.17, 15) is 4.79 Å². The van der Waals surface area contributed by atoms with Gasteiger partial charge < -0.3 is 14.5 Å². The zero-order valence-electron chi connectivity index (χ0n) is 14.6. The lowest BCUT2D eigenvalue weighted by Crippen LogP contribution is -2.26. The number of carbonyl (C=O) groups is 1. The van der Waals surface area contributed by atoms with Gasteiger partial charge in [0.2, 0.25) is 5.91 Å². The van der Waals surface area contributed by atoms with Crippen LogP contribution in [0.5, 0.6) is 5.75 Å². The number of benzene rings is 2. The van der Waals surface area contributed by atoms with Crippen LogP contribution in [0.25, 0.3) is 11.0 Å². The fraction of sp³-hybridized carbons (Fsp3) is 0.286. The van der Waals surface area contributed by atoms with E-state index in [4.69, 9.17) is 9.15 Å². The van der Waals surface area contributed by atoms with Crippen molar-refractivity contribution in [2.75, 3.05) is 6.61 Å². The maximum atomic E-state index is 12.1. The second-order valence-electron chi connectivity index (χ2n) is 6.24. The Bertz CT molecular complexity index is 820. The molecule has 130 valence electrons. The van der Waals surface area contributed by atoms with Crippen LogP contribution in [0.2, 0.25) is 0 Å². The lowest BCUT2D eigenvalue weighted by atomic mass is 10.2. The molecule has 2 aromatic carbocycles. The molecule has 0 fully saturated rings. The zero-order chi connectivity index (χ0) is 17.6. The quantitative estimate of drug-likeness (QED) is 0.631. The van der Waals surface area contributed by atoms with Crippen LogP contribution in [0, 0.1) is 6.92 Å². The number of para-hydroxylation sites is 1. The zero-order valence-corrected chi connectivity index (χ0v) is 14.6. The van der Waals surface area contributed by atoms with Crippen molar-refractivity contribution in [3.8, 4) is 5.75 Å². The van der Waals surface area contributed by atoms with Crippen LogP contribution in [0.3, 0.4) is 0 Å². The van der Waals surface area contributed by atoms with Crippen molar-refractivity contribution in [2.45, 2.75) is 32.7 Å². The lowest BCUT2D eigenvalue weighted by Gasteiger charge is -2.11. The molecule has 3 rings (SSSR count). The molecule has 0 bridgehead atoms. The van der Waals surface area contributed by atoms with E-state index in [1.807, 2.05) is 68.4 Å². The number of aryl methyl sites for hydroxylation is 1. The van der Waals surface area contributed by atoms with E-state index >= 15 is 0 Å². The van der Waals surface area contributed by atoms with Gasteiger partial charge in [-0.05, 0) is 50.1 Å². The number of furan rings is 1. The molecule has 1 atom stereocenters. The summed E-state index contributed by atoms with van der Waals surface area (Å²) in [5.41, 5.74) is 2.00. The predicted octanol–water partition coefficient (Wildman–Crippen LogP) is 4.78. The summed E-state index contributed by atoms with van der Waals surface area (Å²) in [7, 11) is 0. The molecule has 1 N–H and O–H groups in total.